The Bertz CT molecular complexity index is 1310. The quantitative estimate of drug-likeness (QED) is 0.428. The van der Waals surface area contributed by atoms with Crippen LogP contribution in [0.25, 0.3) is 11.0 Å². The van der Waals surface area contributed by atoms with E-state index in [0.717, 1.165) is 33.7 Å². The van der Waals surface area contributed by atoms with Crippen LogP contribution in [0.1, 0.15) is 52.0 Å². The maximum absolute atomic E-state index is 13.4. The monoisotopic (exact) mass is 440 g/mol. The van der Waals surface area contributed by atoms with Crippen LogP contribution in [0.4, 0.5) is 0 Å². The molecule has 166 valence electrons. The van der Waals surface area contributed by atoms with Crippen molar-refractivity contribution in [2.24, 2.45) is 0 Å². The van der Waals surface area contributed by atoms with Gasteiger partial charge in [-0.25, -0.2) is 9.78 Å². The fourth-order valence-corrected chi connectivity index (χ4v) is 4.68. The number of imidazole rings is 1. The maximum Gasteiger partial charge on any atom is 0.338 e. The molecule has 0 saturated heterocycles. The smallest absolute Gasteiger partial charge is 0.338 e. The van der Waals surface area contributed by atoms with Crippen LogP contribution in [-0.2, 0) is 9.53 Å². The number of hydrogen-bond donors (Lipinski definition) is 1. The molecule has 3 atom stereocenters. The third kappa shape index (κ3) is 3.67. The number of esters is 1. The number of ketones is 1. The van der Waals surface area contributed by atoms with Gasteiger partial charge >= 0.3 is 5.97 Å². The number of aromatic amines is 1. The Balaban J connectivity index is 1.56. The second-order valence-corrected chi connectivity index (χ2v) is 8.14. The van der Waals surface area contributed by atoms with E-state index >= 15 is 0 Å². The molecular weight excluding hydrogens is 416 g/mol. The van der Waals surface area contributed by atoms with Gasteiger partial charge in [-0.3, -0.25) is 4.79 Å². The van der Waals surface area contributed by atoms with Crippen LogP contribution < -0.4 is 4.74 Å². The fourth-order valence-electron chi connectivity index (χ4n) is 4.68. The number of fused-ring (bicyclic) bond motifs is 1. The van der Waals surface area contributed by atoms with Gasteiger partial charge in [-0.1, -0.05) is 42.5 Å². The lowest BCUT2D eigenvalue weighted by Crippen LogP contribution is -2.42. The van der Waals surface area contributed by atoms with E-state index in [0.29, 0.717) is 12.2 Å². The SMILES string of the molecule is CCOC(=O)c1ccc2nc(C3C(c4ccccc4)C(=O)C3c3ccc(OC)cc3)[nH]c2c1. The van der Waals surface area contributed by atoms with E-state index in [9.17, 15) is 9.59 Å². The Morgan fingerprint density at radius 3 is 2.33 bits per heavy atom. The summed E-state index contributed by atoms with van der Waals surface area (Å²) >= 11 is 0. The molecule has 6 heteroatoms. The van der Waals surface area contributed by atoms with Crippen molar-refractivity contribution in [1.29, 1.82) is 0 Å². The summed E-state index contributed by atoms with van der Waals surface area (Å²) in [5.41, 5.74) is 3.87. The minimum absolute atomic E-state index is 0.147. The predicted molar refractivity (Wildman–Crippen MR) is 125 cm³/mol. The first-order valence-electron chi connectivity index (χ1n) is 11.0. The lowest BCUT2D eigenvalue weighted by Gasteiger charge is -2.42. The third-order valence-electron chi connectivity index (χ3n) is 6.29. The zero-order valence-electron chi connectivity index (χ0n) is 18.4. The Hall–Kier alpha value is -3.93. The standard InChI is InChI=1S/C27H24N2O4/c1-3-33-27(31)18-11-14-20-21(15-18)29-26(28-20)24-22(16-7-5-4-6-8-16)25(30)23(24)17-9-12-19(32-2)13-10-17/h4-15,22-24H,3H2,1-2H3,(H,28,29). The second kappa shape index (κ2) is 8.54. The zero-order valence-corrected chi connectivity index (χ0v) is 18.4. The molecule has 0 bridgehead atoms. The molecule has 3 unspecified atom stereocenters. The number of Topliss-reactive ketones (excluding diaryl/α,β-unsaturated/α-hetero) is 1. The van der Waals surface area contributed by atoms with Gasteiger partial charge in [0.2, 0.25) is 0 Å². The van der Waals surface area contributed by atoms with Crippen molar-refractivity contribution >= 4 is 22.8 Å². The fraction of sp³-hybridized carbons (Fsp3) is 0.222. The Morgan fingerprint density at radius 1 is 0.970 bits per heavy atom. The molecule has 3 aromatic carbocycles. The summed E-state index contributed by atoms with van der Waals surface area (Å²) in [5, 5.41) is 0. The van der Waals surface area contributed by atoms with E-state index in [1.165, 1.54) is 0 Å². The molecule has 1 fully saturated rings. The number of hydrogen-bond acceptors (Lipinski definition) is 5. The minimum Gasteiger partial charge on any atom is -0.497 e. The number of nitrogens with zero attached hydrogens (tertiary/aromatic N) is 1. The van der Waals surface area contributed by atoms with Crippen LogP contribution in [0.15, 0.2) is 72.8 Å². The second-order valence-electron chi connectivity index (χ2n) is 8.14. The number of benzene rings is 3. The number of nitrogens with one attached hydrogen (secondary N) is 1. The highest BCUT2D eigenvalue weighted by Crippen LogP contribution is 2.55. The summed E-state index contributed by atoms with van der Waals surface area (Å²) in [7, 11) is 1.62. The van der Waals surface area contributed by atoms with Crippen molar-refractivity contribution < 1.29 is 19.1 Å². The topological polar surface area (TPSA) is 81.3 Å². The first-order chi connectivity index (χ1) is 16.1. The average molecular weight is 440 g/mol. The van der Waals surface area contributed by atoms with Gasteiger partial charge in [0.15, 0.2) is 0 Å². The summed E-state index contributed by atoms with van der Waals surface area (Å²) < 4.78 is 10.4. The number of ether oxygens (including phenoxy) is 2. The minimum atomic E-state index is -0.368. The van der Waals surface area contributed by atoms with Gasteiger partial charge in [-0.2, -0.15) is 0 Å². The van der Waals surface area contributed by atoms with E-state index in [1.807, 2.05) is 60.7 Å². The van der Waals surface area contributed by atoms with Crippen molar-refractivity contribution in [2.75, 3.05) is 13.7 Å². The Morgan fingerprint density at radius 2 is 1.67 bits per heavy atom. The van der Waals surface area contributed by atoms with Crippen LogP contribution in [0, 0.1) is 0 Å². The molecule has 1 saturated carbocycles. The zero-order chi connectivity index (χ0) is 22.9. The summed E-state index contributed by atoms with van der Waals surface area (Å²) in [6.45, 7) is 2.10. The molecule has 6 nitrogen and oxygen atoms in total. The van der Waals surface area contributed by atoms with Gasteiger partial charge < -0.3 is 14.5 Å². The van der Waals surface area contributed by atoms with Gasteiger partial charge in [0, 0.05) is 5.92 Å². The van der Waals surface area contributed by atoms with Crippen molar-refractivity contribution in [2.45, 2.75) is 24.7 Å². The summed E-state index contributed by atoms with van der Waals surface area (Å²) in [6.07, 6.45) is 0. The molecule has 4 aromatic rings. The summed E-state index contributed by atoms with van der Waals surface area (Å²) in [6, 6.07) is 22.7. The number of rotatable bonds is 6. The molecule has 33 heavy (non-hydrogen) atoms. The number of carbonyl (C=O) groups is 2. The van der Waals surface area contributed by atoms with Crippen molar-refractivity contribution in [3.63, 3.8) is 0 Å². The highest BCUT2D eigenvalue weighted by Gasteiger charge is 2.53. The highest BCUT2D eigenvalue weighted by atomic mass is 16.5. The van der Waals surface area contributed by atoms with Crippen LogP contribution in [-0.4, -0.2) is 35.4 Å². The number of aromatic nitrogens is 2. The lowest BCUT2D eigenvalue weighted by atomic mass is 9.58. The summed E-state index contributed by atoms with van der Waals surface area (Å²) in [4.78, 5) is 33.7. The number of carbonyl (C=O) groups excluding carboxylic acids is 2. The normalized spacial score (nSPS) is 19.8. The highest BCUT2D eigenvalue weighted by molar-refractivity contribution is 6.01. The largest absolute Gasteiger partial charge is 0.497 e. The molecule has 0 aliphatic heterocycles. The maximum atomic E-state index is 13.4. The first kappa shape index (κ1) is 20.9. The van der Waals surface area contributed by atoms with Crippen LogP contribution in [0.2, 0.25) is 0 Å². The Kier molecular flexibility index (Phi) is 5.42. The molecule has 0 radical (unpaired) electrons. The van der Waals surface area contributed by atoms with Crippen LogP contribution >= 0.6 is 0 Å². The van der Waals surface area contributed by atoms with Gasteiger partial charge in [0.05, 0.1) is 42.1 Å². The predicted octanol–water partition coefficient (Wildman–Crippen LogP) is 4.98. The van der Waals surface area contributed by atoms with Crippen LogP contribution in [0.5, 0.6) is 5.75 Å². The lowest BCUT2D eigenvalue weighted by molar-refractivity contribution is -0.129. The van der Waals surface area contributed by atoms with Crippen molar-refractivity contribution in [1.82, 2.24) is 9.97 Å². The Labute approximate surface area is 191 Å². The molecule has 1 aliphatic rings. The summed E-state index contributed by atoms with van der Waals surface area (Å²) in [5.74, 6) is 0.537. The van der Waals surface area contributed by atoms with Gasteiger partial charge in [-0.05, 0) is 48.4 Å². The van der Waals surface area contributed by atoms with Crippen molar-refractivity contribution in [3.8, 4) is 5.75 Å². The molecule has 1 aromatic heterocycles. The molecule has 5 rings (SSSR count). The van der Waals surface area contributed by atoms with E-state index in [1.54, 1.807) is 26.2 Å². The van der Waals surface area contributed by atoms with E-state index < -0.39 is 0 Å². The van der Waals surface area contributed by atoms with Gasteiger partial charge in [0.25, 0.3) is 0 Å². The molecular formula is C27H24N2O4. The molecule has 1 N–H and O–H groups in total. The molecule has 1 heterocycles. The van der Waals surface area contributed by atoms with Gasteiger partial charge in [0.1, 0.15) is 17.4 Å². The molecule has 1 aliphatic carbocycles. The van der Waals surface area contributed by atoms with Gasteiger partial charge in [-0.15, -0.1) is 0 Å². The van der Waals surface area contributed by atoms with Crippen molar-refractivity contribution in [3.05, 3.63) is 95.3 Å². The molecule has 0 spiro atoms. The number of H-pyrrole nitrogens is 1. The number of methoxy groups -OCH3 is 1. The van der Waals surface area contributed by atoms with E-state index in [2.05, 4.69) is 4.98 Å². The van der Waals surface area contributed by atoms with E-state index in [4.69, 9.17) is 14.5 Å². The molecule has 0 amide bonds. The average Bonchev–Trinajstić information content (AvgIpc) is 3.26. The third-order valence-corrected chi connectivity index (χ3v) is 6.29. The van der Waals surface area contributed by atoms with E-state index in [-0.39, 0.29) is 29.5 Å². The van der Waals surface area contributed by atoms with Crippen LogP contribution in [0.3, 0.4) is 0 Å². The first-order valence-corrected chi connectivity index (χ1v) is 11.0.